The first-order valence-corrected chi connectivity index (χ1v) is 9.69. The van der Waals surface area contributed by atoms with E-state index in [2.05, 4.69) is 39.6 Å². The Morgan fingerprint density at radius 3 is 2.41 bits per heavy atom. The van der Waals surface area contributed by atoms with Crippen molar-refractivity contribution in [3.05, 3.63) is 83.2 Å². The quantitative estimate of drug-likeness (QED) is 0.748. The average Bonchev–Trinajstić information content (AvgIpc) is 2.74. The molecule has 0 bridgehead atoms. The van der Waals surface area contributed by atoms with Crippen LogP contribution in [-0.4, -0.2) is 20.2 Å². The van der Waals surface area contributed by atoms with Gasteiger partial charge >= 0.3 is 0 Å². The second kappa shape index (κ2) is 8.35. The highest BCUT2D eigenvalue weighted by molar-refractivity contribution is 5.27. The van der Waals surface area contributed by atoms with Crippen molar-refractivity contribution < 1.29 is 0 Å². The Morgan fingerprint density at radius 1 is 0.889 bits per heavy atom. The standard InChI is InChI=1S/C22H25N5/c1-16-6-3-13-23-21(16)19-9-2-10-20(26-19)22-17(7-4-14-24-22)11-12-18-8-5-15-25-27-18/h3-8,13-15,19-20,26H,2,9-12H2,1H3/t19-,20+/m0/s1. The monoisotopic (exact) mass is 359 g/mol. The fraction of sp³-hybridized carbons (Fsp3) is 0.364. The largest absolute Gasteiger partial charge is 0.300 e. The number of nitrogens with zero attached hydrogens (tertiary/aromatic N) is 4. The Hall–Kier alpha value is -2.66. The number of rotatable bonds is 5. The molecule has 3 aromatic heterocycles. The lowest BCUT2D eigenvalue weighted by atomic mass is 9.90. The number of pyridine rings is 2. The predicted molar refractivity (Wildman–Crippen MR) is 105 cm³/mol. The third-order valence-corrected chi connectivity index (χ3v) is 5.30. The number of hydrogen-bond acceptors (Lipinski definition) is 5. The molecule has 4 rings (SSSR count). The fourth-order valence-electron chi connectivity index (χ4n) is 3.94. The van der Waals surface area contributed by atoms with E-state index in [0.29, 0.717) is 6.04 Å². The van der Waals surface area contributed by atoms with Gasteiger partial charge in [0.2, 0.25) is 0 Å². The van der Waals surface area contributed by atoms with Crippen molar-refractivity contribution >= 4 is 0 Å². The molecule has 1 saturated heterocycles. The number of hydrogen-bond donors (Lipinski definition) is 1. The van der Waals surface area contributed by atoms with Gasteiger partial charge < -0.3 is 5.32 Å². The zero-order chi connectivity index (χ0) is 18.5. The van der Waals surface area contributed by atoms with Gasteiger partial charge in [0.1, 0.15) is 0 Å². The van der Waals surface area contributed by atoms with Gasteiger partial charge in [0.05, 0.1) is 29.2 Å². The number of piperidine rings is 1. The molecule has 0 aromatic carbocycles. The molecule has 1 fully saturated rings. The molecule has 0 unspecified atom stereocenters. The van der Waals surface area contributed by atoms with E-state index < -0.39 is 0 Å². The Bertz CT molecular complexity index is 881. The molecule has 1 N–H and O–H groups in total. The van der Waals surface area contributed by atoms with Crippen molar-refractivity contribution in [1.82, 2.24) is 25.5 Å². The molecule has 0 aliphatic carbocycles. The van der Waals surface area contributed by atoms with Crippen LogP contribution in [0.4, 0.5) is 0 Å². The van der Waals surface area contributed by atoms with Crippen LogP contribution in [0.2, 0.25) is 0 Å². The maximum Gasteiger partial charge on any atom is 0.0634 e. The third kappa shape index (κ3) is 4.19. The fourth-order valence-corrected chi connectivity index (χ4v) is 3.94. The van der Waals surface area contributed by atoms with Gasteiger partial charge in [-0.15, -0.1) is 0 Å². The molecule has 0 amide bonds. The summed E-state index contributed by atoms with van der Waals surface area (Å²) in [4.78, 5) is 9.38. The summed E-state index contributed by atoms with van der Waals surface area (Å²) in [5.41, 5.74) is 5.89. The molecule has 5 heteroatoms. The molecule has 3 aromatic rings. The molecule has 0 radical (unpaired) electrons. The van der Waals surface area contributed by atoms with E-state index in [9.17, 15) is 0 Å². The van der Waals surface area contributed by atoms with Gasteiger partial charge in [-0.1, -0.05) is 12.1 Å². The Kier molecular flexibility index (Phi) is 5.49. The van der Waals surface area contributed by atoms with E-state index in [1.165, 1.54) is 28.9 Å². The van der Waals surface area contributed by atoms with Crippen LogP contribution < -0.4 is 5.32 Å². The molecule has 138 valence electrons. The van der Waals surface area contributed by atoms with Gasteiger partial charge in [0, 0.05) is 18.6 Å². The highest BCUT2D eigenvalue weighted by atomic mass is 15.1. The molecule has 0 spiro atoms. The number of nitrogens with one attached hydrogen (secondary N) is 1. The molecule has 2 atom stereocenters. The summed E-state index contributed by atoms with van der Waals surface area (Å²) < 4.78 is 0. The van der Waals surface area contributed by atoms with Gasteiger partial charge in [-0.25, -0.2) is 0 Å². The first-order valence-electron chi connectivity index (χ1n) is 9.69. The Labute approximate surface area is 160 Å². The van der Waals surface area contributed by atoms with Crippen LogP contribution in [0.5, 0.6) is 0 Å². The minimum absolute atomic E-state index is 0.267. The van der Waals surface area contributed by atoms with Crippen molar-refractivity contribution in [2.75, 3.05) is 0 Å². The first kappa shape index (κ1) is 17.7. The van der Waals surface area contributed by atoms with Crippen molar-refractivity contribution in [2.45, 2.75) is 51.1 Å². The van der Waals surface area contributed by atoms with E-state index in [4.69, 9.17) is 4.98 Å². The summed E-state index contributed by atoms with van der Waals surface area (Å²) in [5.74, 6) is 0. The van der Waals surface area contributed by atoms with E-state index in [0.717, 1.165) is 31.4 Å². The van der Waals surface area contributed by atoms with Gasteiger partial charge in [-0.3, -0.25) is 9.97 Å². The minimum Gasteiger partial charge on any atom is -0.300 e. The molecule has 27 heavy (non-hydrogen) atoms. The van der Waals surface area contributed by atoms with Crippen LogP contribution in [0, 0.1) is 6.92 Å². The van der Waals surface area contributed by atoms with Crippen LogP contribution in [0.1, 0.15) is 59.6 Å². The molecule has 4 heterocycles. The summed E-state index contributed by atoms with van der Waals surface area (Å²) in [6.07, 6.45) is 10.7. The smallest absolute Gasteiger partial charge is 0.0634 e. The second-order valence-corrected chi connectivity index (χ2v) is 7.17. The normalized spacial score (nSPS) is 19.7. The number of aryl methyl sites for hydroxylation is 3. The zero-order valence-corrected chi connectivity index (χ0v) is 15.7. The first-order chi connectivity index (χ1) is 13.3. The second-order valence-electron chi connectivity index (χ2n) is 7.17. The number of aromatic nitrogens is 4. The molecule has 5 nitrogen and oxygen atoms in total. The van der Waals surface area contributed by atoms with Crippen LogP contribution in [0.15, 0.2) is 55.0 Å². The van der Waals surface area contributed by atoms with Gasteiger partial charge in [-0.2, -0.15) is 10.2 Å². The summed E-state index contributed by atoms with van der Waals surface area (Å²) in [6.45, 7) is 2.14. The summed E-state index contributed by atoms with van der Waals surface area (Å²) in [6, 6.07) is 12.9. The maximum atomic E-state index is 4.75. The van der Waals surface area contributed by atoms with Crippen molar-refractivity contribution in [2.24, 2.45) is 0 Å². The SMILES string of the molecule is Cc1cccnc1[C@@H]1CCC[C@H](c2ncccc2CCc2cccnn2)N1. The Balaban J connectivity index is 1.52. The molecular formula is C22H25N5. The summed E-state index contributed by atoms with van der Waals surface area (Å²) in [5, 5.41) is 12.0. The lowest BCUT2D eigenvalue weighted by Crippen LogP contribution is -2.33. The van der Waals surface area contributed by atoms with Crippen LogP contribution in [0.25, 0.3) is 0 Å². The van der Waals surface area contributed by atoms with Crippen molar-refractivity contribution in [3.63, 3.8) is 0 Å². The van der Waals surface area contributed by atoms with Crippen molar-refractivity contribution in [1.29, 1.82) is 0 Å². The highest BCUT2D eigenvalue weighted by Crippen LogP contribution is 2.33. The van der Waals surface area contributed by atoms with E-state index in [-0.39, 0.29) is 6.04 Å². The summed E-state index contributed by atoms with van der Waals surface area (Å²) in [7, 11) is 0. The van der Waals surface area contributed by atoms with Gasteiger partial charge in [-0.05, 0) is 74.4 Å². The summed E-state index contributed by atoms with van der Waals surface area (Å²) >= 11 is 0. The molecule has 0 saturated carbocycles. The molecule has 1 aliphatic rings. The van der Waals surface area contributed by atoms with Gasteiger partial charge in [0.15, 0.2) is 0 Å². The van der Waals surface area contributed by atoms with Crippen LogP contribution >= 0.6 is 0 Å². The topological polar surface area (TPSA) is 63.6 Å². The van der Waals surface area contributed by atoms with Crippen molar-refractivity contribution in [3.8, 4) is 0 Å². The molecular weight excluding hydrogens is 334 g/mol. The van der Waals surface area contributed by atoms with E-state index in [1.807, 2.05) is 36.7 Å². The zero-order valence-electron chi connectivity index (χ0n) is 15.7. The van der Waals surface area contributed by atoms with E-state index >= 15 is 0 Å². The Morgan fingerprint density at radius 2 is 1.63 bits per heavy atom. The lowest BCUT2D eigenvalue weighted by Gasteiger charge is -2.32. The third-order valence-electron chi connectivity index (χ3n) is 5.30. The average molecular weight is 359 g/mol. The van der Waals surface area contributed by atoms with E-state index in [1.54, 1.807) is 6.20 Å². The molecule has 1 aliphatic heterocycles. The van der Waals surface area contributed by atoms with Crippen LogP contribution in [0.3, 0.4) is 0 Å². The minimum atomic E-state index is 0.267. The van der Waals surface area contributed by atoms with Crippen LogP contribution in [-0.2, 0) is 12.8 Å². The lowest BCUT2D eigenvalue weighted by molar-refractivity contribution is 0.319. The predicted octanol–water partition coefficient (Wildman–Crippen LogP) is 3.92. The van der Waals surface area contributed by atoms with Gasteiger partial charge in [0.25, 0.3) is 0 Å². The highest BCUT2D eigenvalue weighted by Gasteiger charge is 2.27. The maximum absolute atomic E-state index is 4.75.